The Labute approximate surface area is 129 Å². The lowest BCUT2D eigenvalue weighted by Gasteiger charge is -2.38. The molecule has 1 heterocycles. The molecule has 4 heteroatoms. The SMILES string of the molecule is CNCC(C)C(=O)N(CC1CCCO1)C1CCC(C)CC1. The molecule has 0 radical (unpaired) electrons. The lowest BCUT2D eigenvalue weighted by molar-refractivity contribution is -0.140. The maximum atomic E-state index is 12.8. The van der Waals surface area contributed by atoms with E-state index >= 15 is 0 Å². The number of nitrogens with zero attached hydrogens (tertiary/aromatic N) is 1. The molecule has 2 rings (SSSR count). The largest absolute Gasteiger partial charge is 0.376 e. The molecule has 1 aliphatic heterocycles. The molecule has 4 nitrogen and oxygen atoms in total. The Hall–Kier alpha value is -0.610. The van der Waals surface area contributed by atoms with Gasteiger partial charge in [0.25, 0.3) is 0 Å². The van der Waals surface area contributed by atoms with Gasteiger partial charge in [-0.2, -0.15) is 0 Å². The molecule has 0 aromatic heterocycles. The van der Waals surface area contributed by atoms with Gasteiger partial charge in [-0.25, -0.2) is 0 Å². The summed E-state index contributed by atoms with van der Waals surface area (Å²) < 4.78 is 5.78. The average molecular weight is 296 g/mol. The van der Waals surface area contributed by atoms with Crippen molar-refractivity contribution in [2.24, 2.45) is 11.8 Å². The van der Waals surface area contributed by atoms with Crippen molar-refractivity contribution in [2.45, 2.75) is 64.5 Å². The lowest BCUT2D eigenvalue weighted by atomic mass is 9.86. The van der Waals surface area contributed by atoms with Crippen LogP contribution in [-0.2, 0) is 9.53 Å². The summed E-state index contributed by atoms with van der Waals surface area (Å²) in [6.45, 7) is 6.77. The summed E-state index contributed by atoms with van der Waals surface area (Å²) in [4.78, 5) is 15.0. The van der Waals surface area contributed by atoms with E-state index in [0.717, 1.165) is 51.3 Å². The monoisotopic (exact) mass is 296 g/mol. The molecule has 0 bridgehead atoms. The highest BCUT2D eigenvalue weighted by molar-refractivity contribution is 5.79. The van der Waals surface area contributed by atoms with Crippen LogP contribution in [0.25, 0.3) is 0 Å². The predicted molar refractivity (Wildman–Crippen MR) is 85.2 cm³/mol. The highest BCUT2D eigenvalue weighted by Crippen LogP contribution is 2.29. The zero-order valence-corrected chi connectivity index (χ0v) is 13.9. The molecule has 1 N–H and O–H groups in total. The molecule has 2 unspecified atom stereocenters. The maximum absolute atomic E-state index is 12.8. The van der Waals surface area contributed by atoms with Gasteiger partial charge in [0.2, 0.25) is 5.91 Å². The summed E-state index contributed by atoms with van der Waals surface area (Å²) in [5.41, 5.74) is 0. The van der Waals surface area contributed by atoms with Gasteiger partial charge in [-0.05, 0) is 51.5 Å². The number of ether oxygens (including phenoxy) is 1. The van der Waals surface area contributed by atoms with Crippen LogP contribution in [0.15, 0.2) is 0 Å². The van der Waals surface area contributed by atoms with Gasteiger partial charge in [0.05, 0.1) is 6.10 Å². The second-order valence-corrected chi connectivity index (χ2v) is 7.00. The Morgan fingerprint density at radius 3 is 2.57 bits per heavy atom. The molecule has 2 fully saturated rings. The fourth-order valence-electron chi connectivity index (χ4n) is 3.66. The molecule has 122 valence electrons. The number of hydrogen-bond donors (Lipinski definition) is 1. The molecule has 0 aromatic carbocycles. The van der Waals surface area contributed by atoms with E-state index in [2.05, 4.69) is 17.1 Å². The fourth-order valence-corrected chi connectivity index (χ4v) is 3.66. The van der Waals surface area contributed by atoms with Crippen LogP contribution < -0.4 is 5.32 Å². The van der Waals surface area contributed by atoms with Crippen molar-refractivity contribution in [1.82, 2.24) is 10.2 Å². The van der Waals surface area contributed by atoms with Crippen LogP contribution in [0, 0.1) is 11.8 Å². The van der Waals surface area contributed by atoms with E-state index in [-0.39, 0.29) is 12.0 Å². The number of amides is 1. The Balaban J connectivity index is 1.99. The van der Waals surface area contributed by atoms with E-state index in [0.29, 0.717) is 11.9 Å². The zero-order chi connectivity index (χ0) is 15.2. The molecule has 2 aliphatic rings. The van der Waals surface area contributed by atoms with Crippen molar-refractivity contribution in [1.29, 1.82) is 0 Å². The van der Waals surface area contributed by atoms with E-state index in [1.165, 1.54) is 12.8 Å². The van der Waals surface area contributed by atoms with Gasteiger partial charge in [-0.3, -0.25) is 4.79 Å². The minimum atomic E-state index is 0.0516. The second kappa shape index (κ2) is 8.14. The minimum Gasteiger partial charge on any atom is -0.376 e. The third-order valence-electron chi connectivity index (χ3n) is 5.07. The van der Waals surface area contributed by atoms with E-state index in [1.54, 1.807) is 0 Å². The topological polar surface area (TPSA) is 41.6 Å². The number of hydrogen-bond acceptors (Lipinski definition) is 3. The third-order valence-corrected chi connectivity index (χ3v) is 5.07. The van der Waals surface area contributed by atoms with Crippen molar-refractivity contribution in [3.8, 4) is 0 Å². The predicted octanol–water partition coefficient (Wildman–Crippen LogP) is 2.43. The summed E-state index contributed by atoms with van der Waals surface area (Å²) in [5.74, 6) is 1.17. The van der Waals surface area contributed by atoms with Crippen molar-refractivity contribution in [3.63, 3.8) is 0 Å². The molecule has 0 aromatic rings. The first-order chi connectivity index (χ1) is 10.1. The number of rotatable bonds is 6. The van der Waals surface area contributed by atoms with Gasteiger partial charge in [0, 0.05) is 31.7 Å². The number of carbonyl (C=O) groups excluding carboxylic acids is 1. The Kier molecular flexibility index (Phi) is 6.49. The first-order valence-corrected chi connectivity index (χ1v) is 8.68. The molecule has 1 saturated carbocycles. The van der Waals surface area contributed by atoms with Crippen LogP contribution >= 0.6 is 0 Å². The highest BCUT2D eigenvalue weighted by atomic mass is 16.5. The highest BCUT2D eigenvalue weighted by Gasteiger charge is 2.32. The van der Waals surface area contributed by atoms with Crippen LogP contribution in [0.5, 0.6) is 0 Å². The fraction of sp³-hybridized carbons (Fsp3) is 0.941. The first-order valence-electron chi connectivity index (χ1n) is 8.68. The lowest BCUT2D eigenvalue weighted by Crippen LogP contribution is -2.49. The molecular formula is C17H32N2O2. The first kappa shape index (κ1) is 16.8. The number of carbonyl (C=O) groups is 1. The minimum absolute atomic E-state index is 0.0516. The van der Waals surface area contributed by atoms with Crippen LogP contribution in [0.2, 0.25) is 0 Å². The van der Waals surface area contributed by atoms with Gasteiger partial charge in [-0.15, -0.1) is 0 Å². The van der Waals surface area contributed by atoms with Crippen LogP contribution in [0.4, 0.5) is 0 Å². The van der Waals surface area contributed by atoms with Crippen molar-refractivity contribution < 1.29 is 9.53 Å². The standard InChI is InChI=1S/C17H32N2O2/c1-13-6-8-15(9-7-13)19(12-16-5-4-10-21-16)17(20)14(2)11-18-3/h13-16,18H,4-12H2,1-3H3. The van der Waals surface area contributed by atoms with Gasteiger partial charge >= 0.3 is 0 Å². The normalized spacial score (nSPS) is 31.1. The molecular weight excluding hydrogens is 264 g/mol. The van der Waals surface area contributed by atoms with E-state index in [1.807, 2.05) is 14.0 Å². The summed E-state index contributed by atoms with van der Waals surface area (Å²) in [6, 6.07) is 0.428. The van der Waals surface area contributed by atoms with E-state index in [4.69, 9.17) is 4.74 Å². The summed E-state index contributed by atoms with van der Waals surface area (Å²) in [6.07, 6.45) is 7.32. The van der Waals surface area contributed by atoms with Crippen LogP contribution in [0.3, 0.4) is 0 Å². The summed E-state index contributed by atoms with van der Waals surface area (Å²) in [5, 5.41) is 3.13. The van der Waals surface area contributed by atoms with Crippen LogP contribution in [0.1, 0.15) is 52.4 Å². The third kappa shape index (κ3) is 4.68. The second-order valence-electron chi connectivity index (χ2n) is 7.00. The molecule has 1 aliphatic carbocycles. The Bertz CT molecular complexity index is 321. The Morgan fingerprint density at radius 1 is 1.29 bits per heavy atom. The molecule has 21 heavy (non-hydrogen) atoms. The van der Waals surface area contributed by atoms with E-state index < -0.39 is 0 Å². The maximum Gasteiger partial charge on any atom is 0.227 e. The molecule has 2 atom stereocenters. The van der Waals surface area contributed by atoms with Crippen molar-refractivity contribution in [2.75, 3.05) is 26.7 Å². The Morgan fingerprint density at radius 2 is 2.00 bits per heavy atom. The number of nitrogens with one attached hydrogen (secondary N) is 1. The van der Waals surface area contributed by atoms with Gasteiger partial charge in [0.15, 0.2) is 0 Å². The quantitative estimate of drug-likeness (QED) is 0.818. The average Bonchev–Trinajstić information content (AvgIpc) is 2.98. The smallest absolute Gasteiger partial charge is 0.227 e. The summed E-state index contributed by atoms with van der Waals surface area (Å²) >= 11 is 0. The van der Waals surface area contributed by atoms with E-state index in [9.17, 15) is 4.79 Å². The molecule has 0 spiro atoms. The molecule has 1 amide bonds. The van der Waals surface area contributed by atoms with Crippen LogP contribution in [-0.4, -0.2) is 49.7 Å². The molecule has 1 saturated heterocycles. The van der Waals surface area contributed by atoms with Gasteiger partial charge in [0.1, 0.15) is 0 Å². The van der Waals surface area contributed by atoms with Crippen molar-refractivity contribution in [3.05, 3.63) is 0 Å². The summed E-state index contributed by atoms with van der Waals surface area (Å²) in [7, 11) is 1.91. The van der Waals surface area contributed by atoms with Gasteiger partial charge in [-0.1, -0.05) is 13.8 Å². The van der Waals surface area contributed by atoms with Crippen molar-refractivity contribution >= 4 is 5.91 Å². The van der Waals surface area contributed by atoms with Gasteiger partial charge < -0.3 is 15.0 Å². The zero-order valence-electron chi connectivity index (χ0n) is 13.9.